The van der Waals surface area contributed by atoms with Crippen molar-refractivity contribution in [3.63, 3.8) is 0 Å². The van der Waals surface area contributed by atoms with Crippen LogP contribution in [0.15, 0.2) is 0 Å². The highest BCUT2D eigenvalue weighted by Crippen LogP contribution is 2.24. The lowest BCUT2D eigenvalue weighted by Gasteiger charge is -2.27. The van der Waals surface area contributed by atoms with E-state index in [1.54, 1.807) is 7.11 Å². The third-order valence-corrected chi connectivity index (χ3v) is 3.41. The van der Waals surface area contributed by atoms with Crippen molar-refractivity contribution in [2.45, 2.75) is 37.9 Å². The van der Waals surface area contributed by atoms with E-state index < -0.39 is 0 Å². The molecule has 4 heteroatoms. The van der Waals surface area contributed by atoms with Gasteiger partial charge in [-0.1, -0.05) is 11.8 Å². The first-order valence-corrected chi connectivity index (χ1v) is 6.17. The Hall–Kier alpha value is 0.200. The van der Waals surface area contributed by atoms with E-state index in [4.69, 9.17) is 21.7 Å². The molecule has 0 aliphatic heterocycles. The third kappa shape index (κ3) is 3.83. The molecule has 0 bridgehead atoms. The highest BCUT2D eigenvalue weighted by Gasteiger charge is 2.22. The maximum Gasteiger partial charge on any atom is 0.219 e. The van der Waals surface area contributed by atoms with Crippen LogP contribution < -0.4 is 0 Å². The first kappa shape index (κ1) is 11.3. The van der Waals surface area contributed by atoms with Gasteiger partial charge in [-0.2, -0.15) is 0 Å². The fourth-order valence-electron chi connectivity index (χ4n) is 1.57. The molecule has 0 N–H and O–H groups in total. The molecule has 0 atom stereocenters. The normalized spacial score (nSPS) is 28.5. The number of ether oxygens (including phenoxy) is 2. The summed E-state index contributed by atoms with van der Waals surface area (Å²) in [6.07, 6.45) is 7.03. The van der Waals surface area contributed by atoms with Gasteiger partial charge in [0.05, 0.1) is 6.10 Å². The van der Waals surface area contributed by atoms with Crippen molar-refractivity contribution in [3.8, 4) is 0 Å². The van der Waals surface area contributed by atoms with Crippen molar-refractivity contribution < 1.29 is 9.47 Å². The van der Waals surface area contributed by atoms with Gasteiger partial charge in [-0.25, -0.2) is 0 Å². The highest BCUT2D eigenvalue weighted by atomic mass is 32.2. The van der Waals surface area contributed by atoms with Crippen molar-refractivity contribution in [1.29, 1.82) is 0 Å². The average molecular weight is 220 g/mol. The predicted molar refractivity (Wildman–Crippen MR) is 60.3 cm³/mol. The lowest BCUT2D eigenvalue weighted by molar-refractivity contribution is 0.0314. The molecule has 0 heterocycles. The Bertz CT molecular complexity index is 165. The van der Waals surface area contributed by atoms with Crippen molar-refractivity contribution in [2.24, 2.45) is 0 Å². The first-order chi connectivity index (χ1) is 6.26. The summed E-state index contributed by atoms with van der Waals surface area (Å²) < 4.78 is 11.5. The molecule has 76 valence electrons. The van der Waals surface area contributed by atoms with Gasteiger partial charge in [0.15, 0.2) is 0 Å². The molecule has 1 saturated carbocycles. The molecule has 13 heavy (non-hydrogen) atoms. The van der Waals surface area contributed by atoms with E-state index in [2.05, 4.69) is 0 Å². The average Bonchev–Trinajstić information content (AvgIpc) is 2.19. The SMILES string of the molecule is COC1CCC(OC(=S)SC)CC1. The van der Waals surface area contributed by atoms with E-state index in [-0.39, 0.29) is 0 Å². The molecule has 0 aromatic heterocycles. The minimum atomic E-state index is 0.325. The predicted octanol–water partition coefficient (Wildman–Crippen LogP) is 2.61. The molecular formula is C9H16O2S2. The van der Waals surface area contributed by atoms with Gasteiger partial charge in [0.1, 0.15) is 6.10 Å². The van der Waals surface area contributed by atoms with Gasteiger partial charge in [-0.15, -0.1) is 0 Å². The van der Waals surface area contributed by atoms with Gasteiger partial charge in [0, 0.05) is 7.11 Å². The van der Waals surface area contributed by atoms with Crippen LogP contribution in [0.1, 0.15) is 25.7 Å². The molecule has 2 nitrogen and oxygen atoms in total. The van der Waals surface area contributed by atoms with Crippen LogP contribution in [0.25, 0.3) is 0 Å². The molecule has 0 amide bonds. The molecule has 0 aromatic rings. The van der Waals surface area contributed by atoms with Gasteiger partial charge in [-0.3, -0.25) is 0 Å². The van der Waals surface area contributed by atoms with Gasteiger partial charge in [0.25, 0.3) is 0 Å². The van der Waals surface area contributed by atoms with Gasteiger partial charge in [-0.05, 0) is 44.2 Å². The third-order valence-electron chi connectivity index (χ3n) is 2.38. The molecular weight excluding hydrogens is 204 g/mol. The summed E-state index contributed by atoms with van der Waals surface area (Å²) in [5.74, 6) is 0. The molecule has 0 unspecified atom stereocenters. The van der Waals surface area contributed by atoms with Crippen LogP contribution in [0.3, 0.4) is 0 Å². The summed E-state index contributed by atoms with van der Waals surface area (Å²) in [5, 5.41) is 0. The second-order valence-electron chi connectivity index (χ2n) is 3.21. The summed E-state index contributed by atoms with van der Waals surface area (Å²) in [5.41, 5.74) is 0. The number of hydrogen-bond acceptors (Lipinski definition) is 4. The topological polar surface area (TPSA) is 18.5 Å². The smallest absolute Gasteiger partial charge is 0.219 e. The minimum Gasteiger partial charge on any atom is -0.475 e. The fourth-order valence-corrected chi connectivity index (χ4v) is 1.94. The number of hydrogen-bond donors (Lipinski definition) is 0. The van der Waals surface area contributed by atoms with E-state index >= 15 is 0 Å². The Balaban J connectivity index is 2.21. The summed E-state index contributed by atoms with van der Waals surface area (Å²) in [6.45, 7) is 0. The molecule has 1 fully saturated rings. The number of thiocarbonyl (C=S) groups is 1. The minimum absolute atomic E-state index is 0.325. The molecule has 1 aliphatic rings. The summed E-state index contributed by atoms with van der Waals surface area (Å²) in [4.78, 5) is 0. The summed E-state index contributed by atoms with van der Waals surface area (Å²) in [6, 6.07) is 0. The zero-order valence-electron chi connectivity index (χ0n) is 8.12. The maximum absolute atomic E-state index is 5.57. The van der Waals surface area contributed by atoms with Crippen molar-refractivity contribution in [1.82, 2.24) is 0 Å². The van der Waals surface area contributed by atoms with E-state index in [9.17, 15) is 0 Å². The molecule has 0 radical (unpaired) electrons. The Morgan fingerprint density at radius 1 is 1.23 bits per heavy atom. The van der Waals surface area contributed by atoms with Crippen LogP contribution in [0.2, 0.25) is 0 Å². The van der Waals surface area contributed by atoms with Crippen LogP contribution in [0.5, 0.6) is 0 Å². The Labute approximate surface area is 89.4 Å². The quantitative estimate of drug-likeness (QED) is 0.666. The van der Waals surface area contributed by atoms with Crippen LogP contribution in [0.4, 0.5) is 0 Å². The van der Waals surface area contributed by atoms with E-state index in [0.29, 0.717) is 16.6 Å². The largest absolute Gasteiger partial charge is 0.475 e. The zero-order chi connectivity index (χ0) is 9.68. The van der Waals surface area contributed by atoms with E-state index in [0.717, 1.165) is 25.7 Å². The number of rotatable bonds is 2. The summed E-state index contributed by atoms with van der Waals surface area (Å²) in [7, 11) is 1.78. The maximum atomic E-state index is 5.57. The van der Waals surface area contributed by atoms with E-state index in [1.807, 2.05) is 6.26 Å². The molecule has 0 aromatic carbocycles. The first-order valence-electron chi connectivity index (χ1n) is 4.53. The lowest BCUT2D eigenvalue weighted by Crippen LogP contribution is -2.26. The standard InChI is InChI=1S/C9H16O2S2/c1-10-7-3-5-8(6-4-7)11-9(12)13-2/h7-8H,3-6H2,1-2H3. The second-order valence-corrected chi connectivity index (χ2v) is 4.61. The summed E-state index contributed by atoms with van der Waals surface area (Å²) >= 11 is 6.51. The molecule has 1 aliphatic carbocycles. The Kier molecular flexibility index (Phi) is 5.06. The Morgan fingerprint density at radius 3 is 2.23 bits per heavy atom. The zero-order valence-corrected chi connectivity index (χ0v) is 9.75. The monoisotopic (exact) mass is 220 g/mol. The second kappa shape index (κ2) is 5.83. The highest BCUT2D eigenvalue weighted by molar-refractivity contribution is 8.22. The van der Waals surface area contributed by atoms with Gasteiger partial charge >= 0.3 is 0 Å². The van der Waals surface area contributed by atoms with Crippen LogP contribution in [-0.4, -0.2) is 30.0 Å². The molecule has 0 saturated heterocycles. The molecule has 1 rings (SSSR count). The number of thioether (sulfide) groups is 1. The van der Waals surface area contributed by atoms with Crippen LogP contribution in [0, 0.1) is 0 Å². The Morgan fingerprint density at radius 2 is 1.77 bits per heavy atom. The fraction of sp³-hybridized carbons (Fsp3) is 0.889. The van der Waals surface area contributed by atoms with Crippen molar-refractivity contribution in [3.05, 3.63) is 0 Å². The van der Waals surface area contributed by atoms with E-state index in [1.165, 1.54) is 11.8 Å². The van der Waals surface area contributed by atoms with Crippen LogP contribution in [-0.2, 0) is 9.47 Å². The molecule has 0 spiro atoms. The lowest BCUT2D eigenvalue weighted by atomic mass is 9.95. The van der Waals surface area contributed by atoms with Gasteiger partial charge in [0.2, 0.25) is 4.38 Å². The van der Waals surface area contributed by atoms with Crippen LogP contribution >= 0.6 is 24.0 Å². The van der Waals surface area contributed by atoms with Crippen molar-refractivity contribution >= 4 is 28.4 Å². The number of methoxy groups -OCH3 is 1. The van der Waals surface area contributed by atoms with Crippen molar-refractivity contribution in [2.75, 3.05) is 13.4 Å². The van der Waals surface area contributed by atoms with Gasteiger partial charge < -0.3 is 9.47 Å².